The van der Waals surface area contributed by atoms with Crippen molar-refractivity contribution in [3.8, 4) is 0 Å². The van der Waals surface area contributed by atoms with Crippen LogP contribution >= 0.6 is 0 Å². The number of aromatic nitrogens is 6. The summed E-state index contributed by atoms with van der Waals surface area (Å²) < 4.78 is 24.5. The molecule has 1 saturated heterocycles. The lowest BCUT2D eigenvalue weighted by Crippen LogP contribution is -2.54. The van der Waals surface area contributed by atoms with Crippen molar-refractivity contribution in [1.82, 2.24) is 29.9 Å². The third-order valence-corrected chi connectivity index (χ3v) is 6.86. The minimum atomic E-state index is -2.35. The number of hydrogen-bond donors (Lipinski definition) is 1. The van der Waals surface area contributed by atoms with E-state index in [1.807, 2.05) is 18.3 Å². The number of hydrogen-bond acceptors (Lipinski definition) is 10. The van der Waals surface area contributed by atoms with Gasteiger partial charge in [-0.3, -0.25) is 4.68 Å². The number of aryl methyl sites for hydroxylation is 1. The summed E-state index contributed by atoms with van der Waals surface area (Å²) in [7, 11) is -0.551. The second kappa shape index (κ2) is 7.70. The largest absolute Gasteiger partial charge is 0.374 e. The summed E-state index contributed by atoms with van der Waals surface area (Å²) in [5.41, 5.74) is 0.367. The molecule has 0 saturated carbocycles. The first kappa shape index (κ1) is 22.7. The maximum atomic E-state index is 12.3. The smallest absolute Gasteiger partial charge is 0.230 e. The quantitative estimate of drug-likeness (QED) is 0.596. The Labute approximate surface area is 199 Å². The van der Waals surface area contributed by atoms with E-state index in [9.17, 15) is 4.21 Å². The molecule has 0 spiro atoms. The van der Waals surface area contributed by atoms with Gasteiger partial charge in [-0.05, 0) is 32.4 Å². The molecule has 3 aromatic heterocycles. The molecule has 0 aliphatic carbocycles. The average molecular weight is 484 g/mol. The van der Waals surface area contributed by atoms with Gasteiger partial charge in [0.2, 0.25) is 5.95 Å². The second-order valence-corrected chi connectivity index (χ2v) is 12.6. The third kappa shape index (κ3) is 4.11. The van der Waals surface area contributed by atoms with Crippen molar-refractivity contribution >= 4 is 38.9 Å². The Morgan fingerprint density at radius 2 is 2.03 bits per heavy atom. The van der Waals surface area contributed by atoms with Gasteiger partial charge in [0.1, 0.15) is 11.6 Å². The fourth-order valence-electron chi connectivity index (χ4n) is 4.60. The van der Waals surface area contributed by atoms with Crippen LogP contribution in [0.2, 0.25) is 0 Å². The molecule has 2 aliphatic rings. The summed E-state index contributed by atoms with van der Waals surface area (Å²) in [6, 6.07) is 5.62. The van der Waals surface area contributed by atoms with Gasteiger partial charge in [0.25, 0.3) is 0 Å². The molecule has 180 valence electrons. The van der Waals surface area contributed by atoms with Gasteiger partial charge in [-0.2, -0.15) is 9.35 Å². The topological polar surface area (TPSA) is 123 Å². The molecule has 0 amide bonds. The number of rotatable bonds is 4. The number of fused-ring (bicyclic) bond motifs is 3. The van der Waals surface area contributed by atoms with Crippen molar-refractivity contribution in [3.63, 3.8) is 0 Å². The molecule has 3 aromatic rings. The van der Waals surface area contributed by atoms with Crippen LogP contribution in [0.25, 0.3) is 0 Å². The number of ether oxygens (including phenoxy) is 1. The minimum Gasteiger partial charge on any atom is -0.374 e. The van der Waals surface area contributed by atoms with E-state index in [4.69, 9.17) is 14.7 Å². The van der Waals surface area contributed by atoms with Crippen LogP contribution in [-0.2, 0) is 26.9 Å². The maximum Gasteiger partial charge on any atom is 0.230 e. The highest BCUT2D eigenvalue weighted by molar-refractivity contribution is 7.92. The van der Waals surface area contributed by atoms with Gasteiger partial charge in [0, 0.05) is 46.5 Å². The molecule has 0 aromatic carbocycles. The van der Waals surface area contributed by atoms with Crippen LogP contribution in [0.5, 0.6) is 0 Å². The Kier molecular flexibility index (Phi) is 5.13. The molecule has 2 aliphatic heterocycles. The van der Waals surface area contributed by atoms with Crippen LogP contribution in [-0.4, -0.2) is 64.9 Å². The fourth-order valence-corrected chi connectivity index (χ4v) is 5.15. The van der Waals surface area contributed by atoms with Gasteiger partial charge in [-0.25, -0.2) is 14.2 Å². The number of nitrogens with one attached hydrogen (secondary N) is 1. The van der Waals surface area contributed by atoms with E-state index in [0.29, 0.717) is 30.0 Å². The SMILES string of the molecule is Cn1cc(Nc2ncc3c(n2)N(c2cccc(N=S(C)(C)=O)n2)[C@@H]2CC(C)(C)OC[C@]32C)nn1. The highest BCUT2D eigenvalue weighted by Gasteiger charge is 2.55. The van der Waals surface area contributed by atoms with Crippen LogP contribution in [0.4, 0.5) is 29.2 Å². The molecule has 0 radical (unpaired) electrons. The summed E-state index contributed by atoms with van der Waals surface area (Å²) >= 11 is 0. The van der Waals surface area contributed by atoms with Gasteiger partial charge in [0.15, 0.2) is 11.6 Å². The Morgan fingerprint density at radius 1 is 1.24 bits per heavy atom. The maximum absolute atomic E-state index is 12.3. The van der Waals surface area contributed by atoms with E-state index in [0.717, 1.165) is 17.8 Å². The van der Waals surface area contributed by atoms with Crippen LogP contribution in [0.1, 0.15) is 32.8 Å². The third-order valence-electron chi connectivity index (χ3n) is 6.23. The van der Waals surface area contributed by atoms with E-state index < -0.39 is 9.73 Å². The molecular weight excluding hydrogens is 454 g/mol. The first-order valence-electron chi connectivity index (χ1n) is 11.0. The normalized spacial score (nSPS) is 23.4. The molecule has 0 unspecified atom stereocenters. The summed E-state index contributed by atoms with van der Waals surface area (Å²) in [4.78, 5) is 16.4. The predicted octanol–water partition coefficient (Wildman–Crippen LogP) is 3.08. The van der Waals surface area contributed by atoms with Crippen LogP contribution in [0, 0.1) is 0 Å². The molecule has 5 rings (SSSR count). The van der Waals surface area contributed by atoms with Crippen molar-refractivity contribution in [3.05, 3.63) is 36.2 Å². The molecular formula is C22H29N9O2S. The minimum absolute atomic E-state index is 0.0441. The van der Waals surface area contributed by atoms with E-state index in [2.05, 4.69) is 50.6 Å². The predicted molar refractivity (Wildman–Crippen MR) is 131 cm³/mol. The molecule has 5 heterocycles. The van der Waals surface area contributed by atoms with Gasteiger partial charge < -0.3 is 15.0 Å². The van der Waals surface area contributed by atoms with Crippen molar-refractivity contribution in [2.24, 2.45) is 11.4 Å². The molecule has 12 heteroatoms. The van der Waals surface area contributed by atoms with Crippen molar-refractivity contribution < 1.29 is 8.95 Å². The van der Waals surface area contributed by atoms with Gasteiger partial charge >= 0.3 is 0 Å². The van der Waals surface area contributed by atoms with Crippen LogP contribution < -0.4 is 10.2 Å². The highest BCUT2D eigenvalue weighted by Crippen LogP contribution is 2.53. The molecule has 34 heavy (non-hydrogen) atoms. The first-order chi connectivity index (χ1) is 15.9. The van der Waals surface area contributed by atoms with E-state index >= 15 is 0 Å². The zero-order valence-electron chi connectivity index (χ0n) is 20.2. The number of pyridine rings is 1. The molecule has 0 bridgehead atoms. The molecule has 1 N–H and O–H groups in total. The summed E-state index contributed by atoms with van der Waals surface area (Å²) in [6.45, 7) is 6.92. The monoisotopic (exact) mass is 483 g/mol. The Bertz CT molecular complexity index is 1370. The Balaban J connectivity index is 1.63. The van der Waals surface area contributed by atoms with E-state index in [1.54, 1.807) is 36.5 Å². The lowest BCUT2D eigenvalue weighted by Gasteiger charge is -2.46. The average Bonchev–Trinajstić information content (AvgIpc) is 3.24. The number of nitrogens with zero attached hydrogens (tertiary/aromatic N) is 8. The van der Waals surface area contributed by atoms with Crippen molar-refractivity contribution in [2.45, 2.75) is 44.2 Å². The lowest BCUT2D eigenvalue weighted by molar-refractivity contribution is -0.0893. The summed E-state index contributed by atoms with van der Waals surface area (Å²) in [6.07, 6.45) is 7.58. The zero-order valence-corrected chi connectivity index (χ0v) is 21.0. The number of anilines is 4. The summed E-state index contributed by atoms with van der Waals surface area (Å²) in [5, 5.41) is 11.1. The van der Waals surface area contributed by atoms with Crippen LogP contribution in [0.15, 0.2) is 35.0 Å². The van der Waals surface area contributed by atoms with E-state index in [1.165, 1.54) is 0 Å². The summed E-state index contributed by atoms with van der Waals surface area (Å²) in [5.74, 6) is 2.86. The van der Waals surface area contributed by atoms with Gasteiger partial charge in [0.05, 0.1) is 24.4 Å². The molecule has 2 atom stereocenters. The lowest BCUT2D eigenvalue weighted by atomic mass is 9.73. The van der Waals surface area contributed by atoms with Crippen LogP contribution in [0.3, 0.4) is 0 Å². The second-order valence-electron chi connectivity index (χ2n) is 10.0. The Hall–Kier alpha value is -3.12. The van der Waals surface area contributed by atoms with Gasteiger partial charge in [-0.1, -0.05) is 18.2 Å². The molecule has 11 nitrogen and oxygen atoms in total. The van der Waals surface area contributed by atoms with Gasteiger partial charge in [-0.15, -0.1) is 5.10 Å². The standard InChI is InChI=1S/C22H29N9O2S/c1-21(2)10-15-22(3,13-33-21)14-11-23-20(25-17-12-30(4)29-27-17)26-19(14)31(15)18-9-7-8-16(24-18)28-34(5,6)32/h7-9,11-12,15H,10,13H2,1-6H3,(H,23,25,26)/t15-,22-/m1/s1. The highest BCUT2D eigenvalue weighted by atomic mass is 32.2. The van der Waals surface area contributed by atoms with Crippen molar-refractivity contribution in [1.29, 1.82) is 0 Å². The fraction of sp³-hybridized carbons (Fsp3) is 0.500. The first-order valence-corrected chi connectivity index (χ1v) is 13.3. The Morgan fingerprint density at radius 3 is 2.74 bits per heavy atom. The van der Waals surface area contributed by atoms with E-state index in [-0.39, 0.29) is 17.1 Å². The molecule has 1 fully saturated rings. The zero-order chi connectivity index (χ0) is 24.3. The van der Waals surface area contributed by atoms with Crippen molar-refractivity contribution in [2.75, 3.05) is 29.3 Å².